The molecule has 0 amide bonds. The van der Waals surface area contributed by atoms with Crippen LogP contribution in [0.3, 0.4) is 0 Å². The number of ether oxygens (including phenoxy) is 2. The highest BCUT2D eigenvalue weighted by Crippen LogP contribution is 2.38. The van der Waals surface area contributed by atoms with E-state index in [-0.39, 0.29) is 32.0 Å². The molecule has 0 heterocycles. The zero-order chi connectivity index (χ0) is 47.8. The monoisotopic (exact) mass is 934 g/mol. The van der Waals surface area contributed by atoms with Gasteiger partial charge in [0.05, 0.1) is 27.7 Å². The maximum atomic E-state index is 12.8. The Morgan fingerprint density at radius 2 is 0.877 bits per heavy atom. The topological polar surface area (TPSA) is 111 Å². The van der Waals surface area contributed by atoms with Gasteiger partial charge in [-0.25, -0.2) is 0 Å². The summed E-state index contributed by atoms with van der Waals surface area (Å²) in [4.78, 5) is 37.8. The number of quaternary nitrogens is 1. The molecule has 2 atom stereocenters. The summed E-state index contributed by atoms with van der Waals surface area (Å²) in [5.41, 5.74) is 0. The van der Waals surface area contributed by atoms with Gasteiger partial charge in [-0.3, -0.25) is 14.2 Å². The molecular formula is C55H100NO8P. The summed E-state index contributed by atoms with van der Waals surface area (Å²) in [7, 11) is 1.16. The predicted octanol–water partition coefficient (Wildman–Crippen LogP) is 15.3. The average Bonchev–Trinajstić information content (AvgIpc) is 3.26. The van der Waals surface area contributed by atoms with Gasteiger partial charge in [0.1, 0.15) is 19.8 Å². The molecule has 0 aromatic heterocycles. The first kappa shape index (κ1) is 62.7. The lowest BCUT2D eigenvalue weighted by atomic mass is 10.0. The van der Waals surface area contributed by atoms with Crippen LogP contribution in [0.1, 0.15) is 226 Å². The van der Waals surface area contributed by atoms with Crippen LogP contribution in [-0.2, 0) is 32.7 Å². The minimum atomic E-state index is -4.63. The van der Waals surface area contributed by atoms with E-state index in [1.54, 1.807) is 0 Å². The Labute approximate surface area is 400 Å². The van der Waals surface area contributed by atoms with Crippen LogP contribution < -0.4 is 4.89 Å². The summed E-state index contributed by atoms with van der Waals surface area (Å²) in [5, 5.41) is 0. The third-order valence-corrected chi connectivity index (χ3v) is 12.3. The fraction of sp³-hybridized carbons (Fsp3) is 0.782. The van der Waals surface area contributed by atoms with Crippen molar-refractivity contribution in [2.75, 3.05) is 47.5 Å². The summed E-state index contributed by atoms with van der Waals surface area (Å²) in [6.07, 6.45) is 58.2. The van der Waals surface area contributed by atoms with E-state index in [4.69, 9.17) is 18.5 Å². The number of nitrogens with zero attached hydrogens (tertiary/aromatic N) is 1. The number of likely N-dealkylation sites (N-methyl/N-ethyl adjacent to an activating group) is 1. The van der Waals surface area contributed by atoms with Gasteiger partial charge >= 0.3 is 11.9 Å². The minimum Gasteiger partial charge on any atom is -0.756 e. The Morgan fingerprint density at radius 1 is 0.492 bits per heavy atom. The van der Waals surface area contributed by atoms with Crippen LogP contribution in [0.5, 0.6) is 0 Å². The van der Waals surface area contributed by atoms with Gasteiger partial charge in [0.2, 0.25) is 0 Å². The zero-order valence-corrected chi connectivity index (χ0v) is 43.6. The van der Waals surface area contributed by atoms with Crippen molar-refractivity contribution in [3.8, 4) is 0 Å². The Hall–Kier alpha value is -2.29. The van der Waals surface area contributed by atoms with Gasteiger partial charge < -0.3 is 27.9 Å². The molecule has 0 rings (SSSR count). The largest absolute Gasteiger partial charge is 0.756 e. The van der Waals surface area contributed by atoms with Crippen molar-refractivity contribution in [1.29, 1.82) is 0 Å². The molecule has 10 heteroatoms. The van der Waals surface area contributed by atoms with E-state index in [1.165, 1.54) is 116 Å². The van der Waals surface area contributed by atoms with Crippen LogP contribution in [0, 0.1) is 0 Å². The third kappa shape index (κ3) is 51.0. The van der Waals surface area contributed by atoms with Gasteiger partial charge in [0, 0.05) is 12.8 Å². The van der Waals surface area contributed by atoms with Crippen LogP contribution in [0.2, 0.25) is 0 Å². The lowest BCUT2D eigenvalue weighted by Crippen LogP contribution is -2.37. The minimum absolute atomic E-state index is 0.0329. The molecule has 2 unspecified atom stereocenters. The molecular weight excluding hydrogens is 834 g/mol. The molecule has 0 spiro atoms. The molecule has 0 aliphatic rings. The van der Waals surface area contributed by atoms with Crippen LogP contribution in [0.15, 0.2) is 60.8 Å². The van der Waals surface area contributed by atoms with Crippen molar-refractivity contribution < 1.29 is 42.1 Å². The normalized spacial score (nSPS) is 13.9. The molecule has 0 saturated carbocycles. The second-order valence-corrected chi connectivity index (χ2v) is 20.3. The van der Waals surface area contributed by atoms with Crippen LogP contribution in [-0.4, -0.2) is 70.0 Å². The highest BCUT2D eigenvalue weighted by atomic mass is 31.2. The molecule has 0 saturated heterocycles. The Bertz CT molecular complexity index is 1290. The first-order chi connectivity index (χ1) is 31.5. The van der Waals surface area contributed by atoms with Crippen LogP contribution >= 0.6 is 7.82 Å². The summed E-state index contributed by atoms with van der Waals surface area (Å²) in [6.45, 7) is 4.13. The molecule has 0 aliphatic carbocycles. The number of carbonyl (C=O) groups is 2. The lowest BCUT2D eigenvalue weighted by Gasteiger charge is -2.28. The molecule has 9 nitrogen and oxygen atoms in total. The number of carbonyl (C=O) groups excluding carboxylic acids is 2. The highest BCUT2D eigenvalue weighted by Gasteiger charge is 2.21. The van der Waals surface area contributed by atoms with Gasteiger partial charge in [-0.15, -0.1) is 0 Å². The number of phosphoric acid groups is 1. The van der Waals surface area contributed by atoms with Crippen molar-refractivity contribution in [3.63, 3.8) is 0 Å². The third-order valence-electron chi connectivity index (χ3n) is 11.3. The van der Waals surface area contributed by atoms with Crippen molar-refractivity contribution in [1.82, 2.24) is 0 Å². The predicted molar refractivity (Wildman–Crippen MR) is 273 cm³/mol. The number of hydrogen-bond acceptors (Lipinski definition) is 8. The number of allylic oxidation sites excluding steroid dienone is 10. The fourth-order valence-electron chi connectivity index (χ4n) is 7.21. The molecule has 0 radical (unpaired) electrons. The van der Waals surface area contributed by atoms with Crippen LogP contribution in [0.4, 0.5) is 0 Å². The summed E-state index contributed by atoms with van der Waals surface area (Å²) in [6, 6.07) is 0. The second-order valence-electron chi connectivity index (χ2n) is 18.9. The number of hydrogen-bond donors (Lipinski definition) is 0. The fourth-order valence-corrected chi connectivity index (χ4v) is 7.94. The second kappa shape index (κ2) is 46.8. The number of phosphoric ester groups is 1. The van der Waals surface area contributed by atoms with E-state index < -0.39 is 26.5 Å². The molecule has 0 aromatic rings. The number of unbranched alkanes of at least 4 members (excludes halogenated alkanes) is 24. The Morgan fingerprint density at radius 3 is 1.31 bits per heavy atom. The summed E-state index contributed by atoms with van der Waals surface area (Å²) >= 11 is 0. The maximum absolute atomic E-state index is 12.8. The standard InChI is InChI=1S/C55H100NO8P/c1-6-8-10-12-14-16-18-20-22-24-25-26-27-28-29-30-31-32-34-36-38-40-42-44-46-48-55(58)64-53(52-63-65(59,60)62-50-49-56(3,4)5)51-61-54(57)47-45-43-41-39-37-35-33-23-21-19-17-15-13-11-9-7-2/h8,10,14,16,20,22,25-26,28-29,53H,6-7,9,11-13,15,17-19,21,23-24,27,30-52H2,1-5H3/b10-8-,16-14-,22-20-,26-25-,29-28-. The van der Waals surface area contributed by atoms with E-state index in [1.807, 2.05) is 21.1 Å². The molecule has 0 fully saturated rings. The van der Waals surface area contributed by atoms with E-state index in [0.717, 1.165) is 77.0 Å². The first-order valence-electron chi connectivity index (χ1n) is 26.5. The molecule has 378 valence electrons. The molecule has 0 aromatic carbocycles. The van der Waals surface area contributed by atoms with E-state index in [0.29, 0.717) is 17.4 Å². The van der Waals surface area contributed by atoms with Gasteiger partial charge in [-0.1, -0.05) is 216 Å². The number of rotatable bonds is 48. The lowest BCUT2D eigenvalue weighted by molar-refractivity contribution is -0.870. The Balaban J connectivity index is 4.23. The van der Waals surface area contributed by atoms with Crippen molar-refractivity contribution >= 4 is 19.8 Å². The van der Waals surface area contributed by atoms with Gasteiger partial charge in [-0.2, -0.15) is 0 Å². The molecule has 65 heavy (non-hydrogen) atoms. The Kier molecular flexibility index (Phi) is 45.2. The van der Waals surface area contributed by atoms with Gasteiger partial charge in [-0.05, 0) is 57.8 Å². The van der Waals surface area contributed by atoms with Crippen molar-refractivity contribution in [2.45, 2.75) is 232 Å². The van der Waals surface area contributed by atoms with Crippen LogP contribution in [0.25, 0.3) is 0 Å². The summed E-state index contributed by atoms with van der Waals surface area (Å²) in [5.74, 6) is -0.835. The molecule has 0 aliphatic heterocycles. The zero-order valence-electron chi connectivity index (χ0n) is 42.7. The first-order valence-corrected chi connectivity index (χ1v) is 28.0. The smallest absolute Gasteiger partial charge is 0.306 e. The summed E-state index contributed by atoms with van der Waals surface area (Å²) < 4.78 is 34.1. The average molecular weight is 934 g/mol. The number of esters is 2. The van der Waals surface area contributed by atoms with Crippen molar-refractivity contribution in [3.05, 3.63) is 60.8 Å². The van der Waals surface area contributed by atoms with Crippen molar-refractivity contribution in [2.24, 2.45) is 0 Å². The van der Waals surface area contributed by atoms with E-state index in [9.17, 15) is 19.0 Å². The molecule has 0 N–H and O–H groups in total. The highest BCUT2D eigenvalue weighted by molar-refractivity contribution is 7.45. The molecule has 0 bridgehead atoms. The van der Waals surface area contributed by atoms with Gasteiger partial charge in [0.15, 0.2) is 6.10 Å². The quantitative estimate of drug-likeness (QED) is 0.0195. The SMILES string of the molecule is CC/C=C\C/C=C\C/C=C\C/C=C\C/C=C\CCCCCCCCCCCC(=O)OC(COC(=O)CCCCCCCCCCCCCCCCCC)COP(=O)([O-])OCC[N+](C)(C)C. The van der Waals surface area contributed by atoms with E-state index in [2.05, 4.69) is 74.6 Å². The van der Waals surface area contributed by atoms with Gasteiger partial charge in [0.25, 0.3) is 7.82 Å². The van der Waals surface area contributed by atoms with E-state index >= 15 is 0 Å². The maximum Gasteiger partial charge on any atom is 0.306 e.